The summed E-state index contributed by atoms with van der Waals surface area (Å²) in [7, 11) is -0.348. The number of benzene rings is 1. The van der Waals surface area contributed by atoms with Gasteiger partial charge < -0.3 is 4.74 Å². The first-order valence-electron chi connectivity index (χ1n) is 8.07. The molecule has 126 valence electrons. The molecule has 1 aromatic carbocycles. The Morgan fingerprint density at radius 2 is 1.61 bits per heavy atom. The molecule has 0 aliphatic heterocycles. The molecule has 0 aliphatic rings. The van der Waals surface area contributed by atoms with Crippen molar-refractivity contribution in [3.63, 3.8) is 0 Å². The number of hydrogen-bond donors (Lipinski definition) is 0. The van der Waals surface area contributed by atoms with Gasteiger partial charge in [0.05, 0.1) is 12.7 Å². The van der Waals surface area contributed by atoms with Crippen LogP contribution in [0, 0.1) is 15.0 Å². The largest absolute Gasteiger partial charge is 0.465 e. The second-order valence-corrected chi connectivity index (χ2v) is 13.6. The molecule has 0 atom stereocenters. The van der Waals surface area contributed by atoms with Gasteiger partial charge >= 0.3 is 5.97 Å². The van der Waals surface area contributed by atoms with Crippen LogP contribution in [0.2, 0.25) is 16.6 Å². The van der Waals surface area contributed by atoms with Crippen LogP contribution in [-0.2, 0) is 4.74 Å². The maximum atomic E-state index is 11.8. The van der Waals surface area contributed by atoms with Crippen LogP contribution >= 0.6 is 22.6 Å². The van der Waals surface area contributed by atoms with Crippen molar-refractivity contribution in [2.75, 3.05) is 7.11 Å². The molecule has 0 fully saturated rings. The molecule has 4 heteroatoms. The van der Waals surface area contributed by atoms with E-state index >= 15 is 0 Å². The van der Waals surface area contributed by atoms with Gasteiger partial charge in [-0.15, -0.1) is 5.54 Å². The van der Waals surface area contributed by atoms with Crippen LogP contribution in [0.3, 0.4) is 0 Å². The van der Waals surface area contributed by atoms with E-state index in [0.29, 0.717) is 22.2 Å². The van der Waals surface area contributed by atoms with Crippen LogP contribution in [0.5, 0.6) is 0 Å². The molecule has 0 radical (unpaired) electrons. The van der Waals surface area contributed by atoms with Gasteiger partial charge in [0.2, 0.25) is 0 Å². The third-order valence-electron chi connectivity index (χ3n) is 4.66. The fourth-order valence-corrected chi connectivity index (χ4v) is 9.27. The third-order valence-corrected chi connectivity index (χ3v) is 11.9. The van der Waals surface area contributed by atoms with Crippen molar-refractivity contribution in [2.24, 2.45) is 0 Å². The van der Waals surface area contributed by atoms with Crippen molar-refractivity contribution in [3.8, 4) is 11.5 Å². The lowest BCUT2D eigenvalue weighted by Gasteiger charge is -2.38. The number of rotatable bonds is 4. The van der Waals surface area contributed by atoms with Crippen molar-refractivity contribution >= 4 is 36.6 Å². The van der Waals surface area contributed by atoms with Gasteiger partial charge in [-0.05, 0) is 57.4 Å². The summed E-state index contributed by atoms with van der Waals surface area (Å²) in [6.07, 6.45) is 0. The van der Waals surface area contributed by atoms with Gasteiger partial charge in [0.15, 0.2) is 0 Å². The molecule has 0 heterocycles. The Kier molecular flexibility index (Phi) is 7.34. The van der Waals surface area contributed by atoms with E-state index in [-0.39, 0.29) is 5.97 Å². The zero-order chi connectivity index (χ0) is 17.8. The first-order chi connectivity index (χ1) is 10.7. The monoisotopic (exact) mass is 442 g/mol. The third kappa shape index (κ3) is 4.39. The Balaban J connectivity index is 3.36. The van der Waals surface area contributed by atoms with Crippen LogP contribution in [0.1, 0.15) is 57.5 Å². The molecule has 0 unspecified atom stereocenters. The number of methoxy groups -OCH3 is 1. The minimum absolute atomic E-state index is 0.307. The van der Waals surface area contributed by atoms with E-state index in [0.717, 1.165) is 9.13 Å². The Labute approximate surface area is 155 Å². The lowest BCUT2D eigenvalue weighted by molar-refractivity contribution is 0.0599. The predicted molar refractivity (Wildman–Crippen MR) is 108 cm³/mol. The van der Waals surface area contributed by atoms with Gasteiger partial charge in [0.25, 0.3) is 0 Å². The predicted octanol–water partition coefficient (Wildman–Crippen LogP) is 5.65. The molecule has 0 bridgehead atoms. The normalized spacial score (nSPS) is 11.6. The Morgan fingerprint density at radius 1 is 1.09 bits per heavy atom. The van der Waals surface area contributed by atoms with Crippen molar-refractivity contribution in [3.05, 3.63) is 32.9 Å². The topological polar surface area (TPSA) is 26.3 Å². The molecule has 0 saturated carbocycles. The number of esters is 1. The molecule has 0 aromatic heterocycles. The van der Waals surface area contributed by atoms with E-state index in [1.165, 1.54) is 7.11 Å². The summed E-state index contributed by atoms with van der Waals surface area (Å²) < 4.78 is 5.74. The van der Waals surface area contributed by atoms with E-state index in [1.807, 2.05) is 18.2 Å². The summed E-state index contributed by atoms with van der Waals surface area (Å²) in [5.74, 6) is 3.07. The van der Waals surface area contributed by atoms with Gasteiger partial charge in [-0.3, -0.25) is 0 Å². The second kappa shape index (κ2) is 8.34. The first kappa shape index (κ1) is 20.2. The molecule has 0 spiro atoms. The SMILES string of the molecule is COC(=O)c1cc(C#C[Si](C(C)C)(C(C)C)C(C)C)ccc1I. The summed E-state index contributed by atoms with van der Waals surface area (Å²) in [6.45, 7) is 13.8. The minimum atomic E-state index is -1.76. The highest BCUT2D eigenvalue weighted by Crippen LogP contribution is 2.40. The number of hydrogen-bond acceptors (Lipinski definition) is 2. The van der Waals surface area contributed by atoms with Crippen molar-refractivity contribution in [1.82, 2.24) is 0 Å². The zero-order valence-electron chi connectivity index (χ0n) is 15.2. The van der Waals surface area contributed by atoms with E-state index in [9.17, 15) is 4.79 Å². The van der Waals surface area contributed by atoms with Crippen molar-refractivity contribution < 1.29 is 9.53 Å². The van der Waals surface area contributed by atoms with Crippen molar-refractivity contribution in [2.45, 2.75) is 58.2 Å². The van der Waals surface area contributed by atoms with Crippen LogP contribution in [0.25, 0.3) is 0 Å². The first-order valence-corrected chi connectivity index (χ1v) is 11.4. The maximum absolute atomic E-state index is 11.8. The Morgan fingerprint density at radius 3 is 2.04 bits per heavy atom. The highest BCUT2D eigenvalue weighted by atomic mass is 127. The molecule has 0 saturated heterocycles. The minimum Gasteiger partial charge on any atom is -0.465 e. The summed E-state index contributed by atoms with van der Waals surface area (Å²) in [4.78, 5) is 11.8. The number of halogens is 1. The van der Waals surface area contributed by atoms with Crippen LogP contribution < -0.4 is 0 Å². The Bertz CT molecular complexity index is 602. The standard InChI is InChI=1S/C19H27IO2Si/c1-13(2)23(14(3)4,15(5)6)11-10-16-8-9-18(20)17(12-16)19(21)22-7/h8-9,12-15H,1-7H3. The molecule has 1 aromatic rings. The molecular formula is C19H27IO2Si. The zero-order valence-corrected chi connectivity index (χ0v) is 18.3. The lowest BCUT2D eigenvalue weighted by atomic mass is 10.1. The smallest absolute Gasteiger partial charge is 0.338 e. The van der Waals surface area contributed by atoms with Crippen molar-refractivity contribution in [1.29, 1.82) is 0 Å². The van der Waals surface area contributed by atoms with Crippen LogP contribution in [0.15, 0.2) is 18.2 Å². The number of carbonyl (C=O) groups is 1. The molecule has 23 heavy (non-hydrogen) atoms. The molecule has 0 amide bonds. The fraction of sp³-hybridized carbons (Fsp3) is 0.526. The summed E-state index contributed by atoms with van der Waals surface area (Å²) >= 11 is 2.15. The van der Waals surface area contributed by atoms with Gasteiger partial charge in [-0.25, -0.2) is 4.79 Å². The van der Waals surface area contributed by atoms with Gasteiger partial charge in [0.1, 0.15) is 8.07 Å². The summed E-state index contributed by atoms with van der Waals surface area (Å²) in [6, 6.07) is 5.77. The summed E-state index contributed by atoms with van der Waals surface area (Å²) in [5, 5.41) is 0. The number of ether oxygens (including phenoxy) is 1. The number of carbonyl (C=O) groups excluding carboxylic acids is 1. The average Bonchev–Trinajstić information content (AvgIpc) is 2.47. The molecular weight excluding hydrogens is 415 g/mol. The fourth-order valence-electron chi connectivity index (χ4n) is 3.48. The molecule has 0 N–H and O–H groups in total. The highest BCUT2D eigenvalue weighted by molar-refractivity contribution is 14.1. The van der Waals surface area contributed by atoms with Crippen LogP contribution in [0.4, 0.5) is 0 Å². The summed E-state index contributed by atoms with van der Waals surface area (Å²) in [5.41, 5.74) is 6.96. The lowest BCUT2D eigenvalue weighted by Crippen LogP contribution is -2.43. The van der Waals surface area contributed by atoms with Gasteiger partial charge in [0, 0.05) is 9.13 Å². The molecule has 0 aliphatic carbocycles. The maximum Gasteiger partial charge on any atom is 0.338 e. The highest BCUT2D eigenvalue weighted by Gasteiger charge is 2.41. The molecule has 2 nitrogen and oxygen atoms in total. The van der Waals surface area contributed by atoms with E-state index < -0.39 is 8.07 Å². The van der Waals surface area contributed by atoms with E-state index in [4.69, 9.17) is 4.74 Å². The van der Waals surface area contributed by atoms with E-state index in [2.05, 4.69) is 75.6 Å². The van der Waals surface area contributed by atoms with Gasteiger partial charge in [-0.2, -0.15) is 0 Å². The van der Waals surface area contributed by atoms with Crippen LogP contribution in [-0.4, -0.2) is 21.2 Å². The Hall–Kier alpha value is -0.803. The quantitative estimate of drug-likeness (QED) is 0.261. The average molecular weight is 442 g/mol. The molecule has 1 rings (SSSR count). The van der Waals surface area contributed by atoms with Gasteiger partial charge in [-0.1, -0.05) is 47.5 Å². The second-order valence-electron chi connectivity index (χ2n) is 6.83. The van der Waals surface area contributed by atoms with E-state index in [1.54, 1.807) is 0 Å².